The van der Waals surface area contributed by atoms with Gasteiger partial charge in [0.2, 0.25) is 0 Å². The maximum atomic E-state index is 13.3. The molecule has 0 spiro atoms. The summed E-state index contributed by atoms with van der Waals surface area (Å²) in [5.41, 5.74) is -0.621. The fourth-order valence-corrected chi connectivity index (χ4v) is 4.29. The van der Waals surface area contributed by atoms with Gasteiger partial charge in [0.05, 0.1) is 23.6 Å². The Kier molecular flexibility index (Phi) is 6.74. The van der Waals surface area contributed by atoms with Crippen LogP contribution in [0.5, 0.6) is 5.75 Å². The van der Waals surface area contributed by atoms with Crippen molar-refractivity contribution in [2.75, 3.05) is 6.61 Å². The van der Waals surface area contributed by atoms with Crippen LogP contribution in [0, 0.1) is 5.92 Å². The molecule has 2 fully saturated rings. The average molecular weight is 451 g/mol. The molecule has 0 radical (unpaired) electrons. The van der Waals surface area contributed by atoms with E-state index >= 15 is 0 Å². The molecule has 3 atom stereocenters. The van der Waals surface area contributed by atoms with Gasteiger partial charge in [0.1, 0.15) is 24.1 Å². The third kappa shape index (κ3) is 5.43. The number of fused-ring (bicyclic) bond motifs is 1. The highest BCUT2D eigenvalue weighted by molar-refractivity contribution is 5.80. The maximum Gasteiger partial charge on any atom is 0.418 e. The van der Waals surface area contributed by atoms with E-state index in [2.05, 4.69) is 34.1 Å². The summed E-state index contributed by atoms with van der Waals surface area (Å²) in [4.78, 5) is 10.7. The minimum absolute atomic E-state index is 0.0162. The van der Waals surface area contributed by atoms with Crippen LogP contribution in [0.25, 0.3) is 11.0 Å². The minimum atomic E-state index is -4.50. The van der Waals surface area contributed by atoms with Crippen molar-refractivity contribution in [3.8, 4) is 5.75 Å². The number of aromatic nitrogens is 3. The first-order valence-corrected chi connectivity index (χ1v) is 11.1. The Hall–Kier alpha value is -2.55. The smallest absolute Gasteiger partial charge is 0.418 e. The van der Waals surface area contributed by atoms with E-state index in [9.17, 15) is 13.2 Å². The predicted octanol–water partition coefficient (Wildman–Crippen LogP) is 5.68. The Labute approximate surface area is 185 Å². The summed E-state index contributed by atoms with van der Waals surface area (Å²) >= 11 is 0. The van der Waals surface area contributed by atoms with Crippen LogP contribution in [-0.2, 0) is 6.18 Å². The third-order valence-electron chi connectivity index (χ3n) is 6.18. The summed E-state index contributed by atoms with van der Waals surface area (Å²) < 4.78 is 51.0. The zero-order chi connectivity index (χ0) is 22.7. The van der Waals surface area contributed by atoms with Crippen LogP contribution in [0.1, 0.15) is 63.3 Å². The Morgan fingerprint density at radius 1 is 1.16 bits per heavy atom. The topological polar surface area (TPSA) is 76.0 Å². The van der Waals surface area contributed by atoms with Gasteiger partial charge in [-0.3, -0.25) is 0 Å². The number of piperidine rings is 1. The van der Waals surface area contributed by atoms with Crippen LogP contribution in [-0.4, -0.2) is 33.6 Å². The van der Waals surface area contributed by atoms with E-state index in [1.807, 2.05) is 0 Å². The lowest BCUT2D eigenvalue weighted by Gasteiger charge is -2.33. The van der Waals surface area contributed by atoms with Gasteiger partial charge in [-0.2, -0.15) is 13.2 Å². The first-order valence-electron chi connectivity index (χ1n) is 11.1. The number of alkyl halides is 3. The Bertz CT molecular complexity index is 999. The molecular weight excluding hydrogens is 421 g/mol. The van der Waals surface area contributed by atoms with Crippen molar-refractivity contribution in [1.82, 2.24) is 20.3 Å². The van der Waals surface area contributed by atoms with Crippen molar-refractivity contribution >= 4 is 11.0 Å². The van der Waals surface area contributed by atoms with Gasteiger partial charge in [-0.1, -0.05) is 26.2 Å². The second-order valence-corrected chi connectivity index (χ2v) is 8.92. The van der Waals surface area contributed by atoms with Crippen LogP contribution in [0.15, 0.2) is 35.3 Å². The quantitative estimate of drug-likeness (QED) is 0.535. The number of rotatable bonds is 4. The molecule has 1 aliphatic heterocycles. The SMILES string of the molecule is CC1CC(c2ncco2)CC(COc2cc(C(F)(F)F)c3nc[nH]c3c2)N1.CC1CCC1. The van der Waals surface area contributed by atoms with Gasteiger partial charge < -0.3 is 19.5 Å². The van der Waals surface area contributed by atoms with Crippen molar-refractivity contribution in [3.63, 3.8) is 0 Å². The van der Waals surface area contributed by atoms with E-state index in [1.165, 1.54) is 31.7 Å². The van der Waals surface area contributed by atoms with E-state index < -0.39 is 11.7 Å². The molecular formula is C23H29F3N4O2. The highest BCUT2D eigenvalue weighted by Gasteiger charge is 2.35. The van der Waals surface area contributed by atoms with Crippen molar-refractivity contribution in [1.29, 1.82) is 0 Å². The zero-order valence-corrected chi connectivity index (χ0v) is 18.3. The Morgan fingerprint density at radius 3 is 2.56 bits per heavy atom. The monoisotopic (exact) mass is 450 g/mol. The molecule has 0 amide bonds. The van der Waals surface area contributed by atoms with Gasteiger partial charge in [-0.15, -0.1) is 0 Å². The molecule has 32 heavy (non-hydrogen) atoms. The summed E-state index contributed by atoms with van der Waals surface area (Å²) in [5, 5.41) is 3.42. The first-order chi connectivity index (χ1) is 15.3. The number of imidazole rings is 1. The fourth-order valence-electron chi connectivity index (χ4n) is 4.29. The van der Waals surface area contributed by atoms with E-state index in [0.717, 1.165) is 24.8 Å². The van der Waals surface area contributed by atoms with Gasteiger partial charge in [0, 0.05) is 24.1 Å². The molecule has 9 heteroatoms. The molecule has 1 saturated carbocycles. The van der Waals surface area contributed by atoms with Crippen molar-refractivity contribution in [2.45, 2.75) is 70.1 Å². The van der Waals surface area contributed by atoms with E-state index in [0.29, 0.717) is 11.4 Å². The van der Waals surface area contributed by atoms with Crippen LogP contribution in [0.2, 0.25) is 0 Å². The van der Waals surface area contributed by atoms with Gasteiger partial charge in [-0.05, 0) is 31.7 Å². The van der Waals surface area contributed by atoms with Crippen LogP contribution < -0.4 is 10.1 Å². The molecule has 1 aromatic carbocycles. The molecule has 5 rings (SSSR count). The zero-order valence-electron chi connectivity index (χ0n) is 18.3. The number of halogens is 3. The third-order valence-corrected chi connectivity index (χ3v) is 6.18. The molecule has 3 unspecified atom stereocenters. The lowest BCUT2D eigenvalue weighted by Crippen LogP contribution is -2.46. The number of nitrogens with one attached hydrogen (secondary N) is 2. The number of ether oxygens (including phenoxy) is 1. The summed E-state index contributed by atoms with van der Waals surface area (Å²) in [6, 6.07) is 2.75. The number of benzene rings is 1. The second kappa shape index (κ2) is 9.52. The highest BCUT2D eigenvalue weighted by atomic mass is 19.4. The summed E-state index contributed by atoms with van der Waals surface area (Å²) in [6.07, 6.45) is 5.99. The average Bonchev–Trinajstić information content (AvgIpc) is 3.41. The van der Waals surface area contributed by atoms with Crippen LogP contribution >= 0.6 is 0 Å². The second-order valence-electron chi connectivity index (χ2n) is 8.92. The van der Waals surface area contributed by atoms with E-state index in [4.69, 9.17) is 9.15 Å². The molecule has 0 bridgehead atoms. The normalized spacial score (nSPS) is 24.0. The minimum Gasteiger partial charge on any atom is -0.492 e. The standard InChI is InChI=1S/C18H19F3N4O2.C5H10/c1-10-4-11(17-22-2-3-26-17)5-12(25-10)8-27-13-6-14(18(19,20)21)16-15(7-13)23-9-24-16;1-5-3-2-4-5/h2-3,6-7,9-12,25H,4-5,8H2,1H3,(H,23,24);5H,2-4H2,1H3. The largest absolute Gasteiger partial charge is 0.492 e. The van der Waals surface area contributed by atoms with E-state index in [-0.39, 0.29) is 35.9 Å². The molecule has 6 nitrogen and oxygen atoms in total. The fraction of sp³-hybridized carbons (Fsp3) is 0.565. The van der Waals surface area contributed by atoms with Crippen molar-refractivity contribution in [3.05, 3.63) is 42.4 Å². The number of oxazole rings is 1. The molecule has 1 saturated heterocycles. The van der Waals surface area contributed by atoms with Crippen LogP contribution in [0.4, 0.5) is 13.2 Å². The Balaban J connectivity index is 0.000000433. The van der Waals surface area contributed by atoms with Gasteiger partial charge in [-0.25, -0.2) is 9.97 Å². The summed E-state index contributed by atoms with van der Waals surface area (Å²) in [6.45, 7) is 4.61. The van der Waals surface area contributed by atoms with Crippen LogP contribution in [0.3, 0.4) is 0 Å². The number of hydrogen-bond donors (Lipinski definition) is 2. The predicted molar refractivity (Wildman–Crippen MR) is 114 cm³/mol. The lowest BCUT2D eigenvalue weighted by molar-refractivity contribution is -0.136. The van der Waals surface area contributed by atoms with E-state index in [1.54, 1.807) is 12.5 Å². The maximum absolute atomic E-state index is 13.3. The molecule has 2 aromatic heterocycles. The van der Waals surface area contributed by atoms with Gasteiger partial charge in [0.25, 0.3) is 0 Å². The first kappa shape index (κ1) is 22.6. The van der Waals surface area contributed by atoms with Crippen molar-refractivity contribution < 1.29 is 22.3 Å². The summed E-state index contributed by atoms with van der Waals surface area (Å²) in [5.74, 6) is 2.07. The molecule has 3 heterocycles. The Morgan fingerprint density at radius 2 is 1.94 bits per heavy atom. The molecule has 3 aromatic rings. The highest BCUT2D eigenvalue weighted by Crippen LogP contribution is 2.37. The number of hydrogen-bond acceptors (Lipinski definition) is 5. The van der Waals surface area contributed by atoms with Gasteiger partial charge in [0.15, 0.2) is 5.89 Å². The van der Waals surface area contributed by atoms with Crippen molar-refractivity contribution in [2.24, 2.45) is 5.92 Å². The molecule has 2 N–H and O–H groups in total. The lowest BCUT2D eigenvalue weighted by atomic mass is 9.88. The number of nitrogens with zero attached hydrogens (tertiary/aromatic N) is 2. The number of aromatic amines is 1. The number of H-pyrrole nitrogens is 1. The van der Waals surface area contributed by atoms with Gasteiger partial charge >= 0.3 is 6.18 Å². The summed E-state index contributed by atoms with van der Waals surface area (Å²) in [7, 11) is 0. The molecule has 1 aliphatic carbocycles. The molecule has 174 valence electrons. The molecule has 2 aliphatic rings.